The maximum atomic E-state index is 13.0. The molecule has 0 aliphatic carbocycles. The molecule has 1 aliphatic rings. The van der Waals surface area contributed by atoms with Crippen molar-refractivity contribution in [1.82, 2.24) is 4.31 Å². The summed E-state index contributed by atoms with van der Waals surface area (Å²) in [7, 11) is -3.67. The molecule has 1 atom stereocenters. The lowest BCUT2D eigenvalue weighted by molar-refractivity contribution is -0.120. The molecule has 1 fully saturated rings. The maximum Gasteiger partial charge on any atom is 0.228 e. The second kappa shape index (κ2) is 10.2. The van der Waals surface area contributed by atoms with Crippen LogP contribution in [0, 0.1) is 5.92 Å². The number of sulfonamides is 1. The summed E-state index contributed by atoms with van der Waals surface area (Å²) in [6, 6.07) is 12.0. The van der Waals surface area contributed by atoms with Crippen LogP contribution in [0.1, 0.15) is 32.3 Å². The summed E-state index contributed by atoms with van der Waals surface area (Å²) in [6.07, 6.45) is 1.30. The molecule has 0 radical (unpaired) electrons. The highest BCUT2D eigenvalue weighted by Crippen LogP contribution is 2.29. The fourth-order valence-electron chi connectivity index (χ4n) is 3.49. The number of amides is 1. The fraction of sp³-hybridized carbons (Fsp3) is 0.409. The van der Waals surface area contributed by atoms with Crippen molar-refractivity contribution in [2.45, 2.75) is 38.5 Å². The lowest BCUT2D eigenvalue weighted by atomic mass is 9.99. The fourth-order valence-corrected chi connectivity index (χ4v) is 5.85. The second-order valence-corrected chi connectivity index (χ2v) is 10.6. The average Bonchev–Trinajstić information content (AvgIpc) is 2.72. The summed E-state index contributed by atoms with van der Waals surface area (Å²) in [4.78, 5) is 12.8. The Bertz CT molecular complexity index is 1010. The predicted molar refractivity (Wildman–Crippen MR) is 124 cm³/mol. The summed E-state index contributed by atoms with van der Waals surface area (Å²) in [5, 5.41) is 3.50. The molecule has 1 aliphatic heterocycles. The third-order valence-corrected chi connectivity index (χ3v) is 7.51. The Morgan fingerprint density at radius 2 is 1.81 bits per heavy atom. The van der Waals surface area contributed by atoms with Crippen molar-refractivity contribution < 1.29 is 17.9 Å². The van der Waals surface area contributed by atoms with Crippen molar-refractivity contribution in [3.8, 4) is 5.75 Å². The van der Waals surface area contributed by atoms with Crippen molar-refractivity contribution in [3.05, 3.63) is 58.1 Å². The van der Waals surface area contributed by atoms with Gasteiger partial charge in [0.1, 0.15) is 5.75 Å². The smallest absolute Gasteiger partial charge is 0.228 e. The Morgan fingerprint density at radius 1 is 1.16 bits per heavy atom. The van der Waals surface area contributed by atoms with Gasteiger partial charge in [0.05, 0.1) is 17.8 Å². The Kier molecular flexibility index (Phi) is 7.86. The van der Waals surface area contributed by atoms with Crippen LogP contribution in [-0.2, 0) is 20.6 Å². The molecule has 31 heavy (non-hydrogen) atoms. The molecule has 1 unspecified atom stereocenters. The standard InChI is InChI=1S/C22H26Cl2N2O4S/c1-15(2)30-18-10-8-17(9-11-18)25-22(27)16-5-4-12-26(13-16)31(28,29)14-19-20(23)6-3-7-21(19)24/h3,6-11,15-16H,4-5,12-14H2,1-2H3,(H,25,27). The van der Waals surface area contributed by atoms with Gasteiger partial charge in [0.2, 0.25) is 15.9 Å². The molecule has 1 saturated heterocycles. The van der Waals surface area contributed by atoms with Gasteiger partial charge < -0.3 is 10.1 Å². The summed E-state index contributed by atoms with van der Waals surface area (Å²) in [5.74, 6) is -0.205. The van der Waals surface area contributed by atoms with Gasteiger partial charge in [-0.05, 0) is 63.1 Å². The van der Waals surface area contributed by atoms with Crippen molar-refractivity contribution in [2.24, 2.45) is 5.92 Å². The van der Waals surface area contributed by atoms with Gasteiger partial charge >= 0.3 is 0 Å². The first-order valence-electron chi connectivity index (χ1n) is 10.1. The van der Waals surface area contributed by atoms with Crippen LogP contribution in [-0.4, -0.2) is 37.8 Å². The molecule has 0 spiro atoms. The Hall–Kier alpha value is -1.80. The van der Waals surface area contributed by atoms with E-state index in [1.54, 1.807) is 42.5 Å². The number of benzene rings is 2. The zero-order valence-corrected chi connectivity index (χ0v) is 19.8. The first-order chi connectivity index (χ1) is 14.7. The second-order valence-electron chi connectivity index (χ2n) is 7.83. The van der Waals surface area contributed by atoms with E-state index < -0.39 is 15.9 Å². The van der Waals surface area contributed by atoms with Crippen LogP contribution in [0.3, 0.4) is 0 Å². The summed E-state index contributed by atoms with van der Waals surface area (Å²) >= 11 is 12.3. The van der Waals surface area contributed by atoms with Gasteiger partial charge in [-0.2, -0.15) is 0 Å². The summed E-state index contributed by atoms with van der Waals surface area (Å²) in [5.41, 5.74) is 1.02. The number of rotatable bonds is 7. The zero-order valence-electron chi connectivity index (χ0n) is 17.5. The molecule has 168 valence electrons. The molecule has 1 N–H and O–H groups in total. The number of carbonyl (C=O) groups excluding carboxylic acids is 1. The predicted octanol–water partition coefficient (Wildman–Crippen LogP) is 4.96. The summed E-state index contributed by atoms with van der Waals surface area (Å²) in [6.45, 7) is 4.39. The van der Waals surface area contributed by atoms with E-state index in [0.29, 0.717) is 40.7 Å². The highest BCUT2D eigenvalue weighted by atomic mass is 35.5. The van der Waals surface area contributed by atoms with Crippen LogP contribution in [0.5, 0.6) is 5.75 Å². The highest BCUT2D eigenvalue weighted by Gasteiger charge is 2.33. The van der Waals surface area contributed by atoms with E-state index in [1.807, 2.05) is 13.8 Å². The molecule has 0 bridgehead atoms. The number of anilines is 1. The number of nitrogens with zero attached hydrogens (tertiary/aromatic N) is 1. The number of piperidine rings is 1. The van der Waals surface area contributed by atoms with Crippen LogP contribution in [0.25, 0.3) is 0 Å². The van der Waals surface area contributed by atoms with E-state index in [4.69, 9.17) is 27.9 Å². The van der Waals surface area contributed by atoms with Gasteiger partial charge in [-0.15, -0.1) is 0 Å². The van der Waals surface area contributed by atoms with Crippen LogP contribution < -0.4 is 10.1 Å². The molecule has 0 aromatic heterocycles. The van der Waals surface area contributed by atoms with Crippen LogP contribution in [0.15, 0.2) is 42.5 Å². The minimum absolute atomic E-state index is 0.0660. The zero-order chi connectivity index (χ0) is 22.6. The largest absolute Gasteiger partial charge is 0.491 e. The molecule has 2 aromatic rings. The Balaban J connectivity index is 1.64. The quantitative estimate of drug-likeness (QED) is 0.602. The molecule has 1 amide bonds. The lowest BCUT2D eigenvalue weighted by Crippen LogP contribution is -2.44. The molecule has 0 saturated carbocycles. The van der Waals surface area contributed by atoms with Gasteiger partial charge in [0, 0.05) is 34.4 Å². The van der Waals surface area contributed by atoms with Gasteiger partial charge in [0.15, 0.2) is 0 Å². The first kappa shape index (κ1) is 23.9. The molecule has 2 aromatic carbocycles. The number of hydrogen-bond acceptors (Lipinski definition) is 4. The minimum atomic E-state index is -3.67. The third kappa shape index (κ3) is 6.35. The van der Waals surface area contributed by atoms with E-state index in [2.05, 4.69) is 5.32 Å². The average molecular weight is 485 g/mol. The number of halogens is 2. The first-order valence-corrected chi connectivity index (χ1v) is 12.5. The summed E-state index contributed by atoms with van der Waals surface area (Å²) < 4.78 is 32.9. The van der Waals surface area contributed by atoms with Gasteiger partial charge in [-0.1, -0.05) is 29.3 Å². The van der Waals surface area contributed by atoms with E-state index in [1.165, 1.54) is 4.31 Å². The van der Waals surface area contributed by atoms with Crippen LogP contribution in [0.4, 0.5) is 5.69 Å². The van der Waals surface area contributed by atoms with Gasteiger partial charge in [-0.25, -0.2) is 12.7 Å². The minimum Gasteiger partial charge on any atom is -0.491 e. The van der Waals surface area contributed by atoms with Gasteiger partial charge in [0.25, 0.3) is 0 Å². The topological polar surface area (TPSA) is 75.7 Å². The van der Waals surface area contributed by atoms with E-state index in [-0.39, 0.29) is 24.3 Å². The monoisotopic (exact) mass is 484 g/mol. The van der Waals surface area contributed by atoms with Crippen molar-refractivity contribution in [2.75, 3.05) is 18.4 Å². The molecule has 1 heterocycles. The molecule has 3 rings (SSSR count). The number of nitrogens with one attached hydrogen (secondary N) is 1. The number of ether oxygens (including phenoxy) is 1. The molecule has 9 heteroatoms. The number of carbonyl (C=O) groups is 1. The molecule has 6 nitrogen and oxygen atoms in total. The van der Waals surface area contributed by atoms with E-state index >= 15 is 0 Å². The lowest BCUT2D eigenvalue weighted by Gasteiger charge is -2.31. The van der Waals surface area contributed by atoms with Crippen LogP contribution in [0.2, 0.25) is 10.0 Å². The maximum absolute atomic E-state index is 13.0. The third-order valence-electron chi connectivity index (χ3n) is 5.03. The molecular weight excluding hydrogens is 459 g/mol. The van der Waals surface area contributed by atoms with Crippen molar-refractivity contribution >= 4 is 44.8 Å². The highest BCUT2D eigenvalue weighted by molar-refractivity contribution is 7.88. The normalized spacial score (nSPS) is 17.5. The van der Waals surface area contributed by atoms with Crippen molar-refractivity contribution in [1.29, 1.82) is 0 Å². The SMILES string of the molecule is CC(C)Oc1ccc(NC(=O)C2CCCN(S(=O)(=O)Cc3c(Cl)cccc3Cl)C2)cc1. The van der Waals surface area contributed by atoms with E-state index in [0.717, 1.165) is 5.75 Å². The number of hydrogen-bond donors (Lipinski definition) is 1. The van der Waals surface area contributed by atoms with E-state index in [9.17, 15) is 13.2 Å². The van der Waals surface area contributed by atoms with Crippen molar-refractivity contribution in [3.63, 3.8) is 0 Å². The molecular formula is C22H26Cl2N2O4S. The van der Waals surface area contributed by atoms with Gasteiger partial charge in [-0.3, -0.25) is 4.79 Å². The van der Waals surface area contributed by atoms with Crippen LogP contribution >= 0.6 is 23.2 Å². The Labute approximate surface area is 193 Å². The Morgan fingerprint density at radius 3 is 2.42 bits per heavy atom.